The third-order valence-corrected chi connectivity index (χ3v) is 4.94. The number of sulfone groups is 1. The number of fused-ring (bicyclic) bond motifs is 1. The third-order valence-electron chi connectivity index (χ3n) is 3.04. The van der Waals surface area contributed by atoms with Crippen LogP contribution in [0.2, 0.25) is 0 Å². The zero-order valence-electron chi connectivity index (χ0n) is 9.61. The summed E-state index contributed by atoms with van der Waals surface area (Å²) in [6, 6.07) is 5.75. The van der Waals surface area contributed by atoms with Crippen molar-refractivity contribution in [3.63, 3.8) is 0 Å². The molecule has 0 saturated carbocycles. The SMILES string of the molecule is CNC(C)c1ccc2c(c1)S(=O)(=O)C(C)=C2. The van der Waals surface area contributed by atoms with Gasteiger partial charge in [-0.3, -0.25) is 0 Å². The van der Waals surface area contributed by atoms with Gasteiger partial charge in [-0.25, -0.2) is 8.42 Å². The maximum Gasteiger partial charge on any atom is 0.203 e. The van der Waals surface area contributed by atoms with Crippen LogP contribution in [0.15, 0.2) is 28.0 Å². The monoisotopic (exact) mass is 237 g/mol. The number of allylic oxidation sites excluding steroid dienone is 1. The van der Waals surface area contributed by atoms with Gasteiger partial charge >= 0.3 is 0 Å². The summed E-state index contributed by atoms with van der Waals surface area (Å²) in [7, 11) is -1.36. The van der Waals surface area contributed by atoms with Crippen molar-refractivity contribution in [2.45, 2.75) is 24.8 Å². The van der Waals surface area contributed by atoms with Gasteiger partial charge in [-0.15, -0.1) is 0 Å². The molecule has 1 aromatic rings. The zero-order valence-corrected chi connectivity index (χ0v) is 10.4. The normalized spacial score (nSPS) is 19.1. The zero-order chi connectivity index (χ0) is 11.9. The lowest BCUT2D eigenvalue weighted by Crippen LogP contribution is -2.12. The summed E-state index contributed by atoms with van der Waals surface area (Å²) in [6.45, 7) is 3.64. The van der Waals surface area contributed by atoms with E-state index in [1.54, 1.807) is 19.1 Å². The maximum atomic E-state index is 12.0. The summed E-state index contributed by atoms with van der Waals surface area (Å²) >= 11 is 0. The highest BCUT2D eigenvalue weighted by Crippen LogP contribution is 2.33. The molecule has 0 radical (unpaired) electrons. The summed E-state index contributed by atoms with van der Waals surface area (Å²) in [5, 5.41) is 3.10. The fraction of sp³-hybridized carbons (Fsp3) is 0.333. The molecule has 0 saturated heterocycles. The van der Waals surface area contributed by atoms with E-state index in [1.165, 1.54) is 0 Å². The molecule has 4 heteroatoms. The molecule has 1 heterocycles. The Bertz CT molecular complexity index is 558. The minimum atomic E-state index is -3.22. The van der Waals surface area contributed by atoms with Crippen molar-refractivity contribution in [2.24, 2.45) is 0 Å². The summed E-state index contributed by atoms with van der Waals surface area (Å²) in [4.78, 5) is 0.862. The number of hydrogen-bond donors (Lipinski definition) is 1. The Morgan fingerprint density at radius 1 is 1.31 bits per heavy atom. The second kappa shape index (κ2) is 3.71. The molecule has 1 atom stereocenters. The fourth-order valence-corrected chi connectivity index (χ4v) is 3.17. The Hall–Kier alpha value is -1.13. The van der Waals surface area contributed by atoms with Crippen molar-refractivity contribution in [1.82, 2.24) is 5.32 Å². The van der Waals surface area contributed by atoms with Crippen LogP contribution in [0.1, 0.15) is 31.0 Å². The molecule has 2 rings (SSSR count). The molecule has 0 bridgehead atoms. The molecule has 0 spiro atoms. The van der Waals surface area contributed by atoms with Crippen molar-refractivity contribution in [1.29, 1.82) is 0 Å². The van der Waals surface area contributed by atoms with E-state index in [9.17, 15) is 8.42 Å². The topological polar surface area (TPSA) is 46.2 Å². The summed E-state index contributed by atoms with van der Waals surface area (Å²) in [5.74, 6) is 0. The molecule has 1 unspecified atom stereocenters. The first-order valence-electron chi connectivity index (χ1n) is 5.21. The average molecular weight is 237 g/mol. The summed E-state index contributed by atoms with van der Waals surface area (Å²) < 4.78 is 23.9. The smallest absolute Gasteiger partial charge is 0.203 e. The van der Waals surface area contributed by atoms with E-state index in [1.807, 2.05) is 26.1 Å². The highest BCUT2D eigenvalue weighted by atomic mass is 32.2. The number of benzene rings is 1. The molecule has 1 N–H and O–H groups in total. The first-order valence-corrected chi connectivity index (χ1v) is 6.69. The minimum absolute atomic E-state index is 0.154. The van der Waals surface area contributed by atoms with Crippen molar-refractivity contribution < 1.29 is 8.42 Å². The lowest BCUT2D eigenvalue weighted by Gasteiger charge is -2.11. The van der Waals surface area contributed by atoms with Crippen LogP contribution >= 0.6 is 0 Å². The van der Waals surface area contributed by atoms with Gasteiger partial charge in [-0.1, -0.05) is 12.1 Å². The van der Waals surface area contributed by atoms with E-state index in [-0.39, 0.29) is 6.04 Å². The molecule has 1 aromatic carbocycles. The molecule has 3 nitrogen and oxygen atoms in total. The van der Waals surface area contributed by atoms with Crippen LogP contribution in [0.5, 0.6) is 0 Å². The van der Waals surface area contributed by atoms with Gasteiger partial charge in [0.15, 0.2) is 0 Å². The van der Waals surface area contributed by atoms with Crippen molar-refractivity contribution >= 4 is 15.9 Å². The van der Waals surface area contributed by atoms with E-state index in [2.05, 4.69) is 5.32 Å². The molecule has 0 aromatic heterocycles. The van der Waals surface area contributed by atoms with Gasteiger partial charge in [0.2, 0.25) is 9.84 Å². The lowest BCUT2D eigenvalue weighted by molar-refractivity contribution is 0.602. The van der Waals surface area contributed by atoms with Crippen molar-refractivity contribution in [2.75, 3.05) is 7.05 Å². The van der Waals surface area contributed by atoms with Gasteiger partial charge in [-0.2, -0.15) is 0 Å². The summed E-state index contributed by atoms with van der Waals surface area (Å²) in [6.07, 6.45) is 1.72. The molecule has 1 aliphatic heterocycles. The van der Waals surface area contributed by atoms with Crippen LogP contribution in [0.3, 0.4) is 0 Å². The molecule has 0 fully saturated rings. The molecular weight excluding hydrogens is 222 g/mol. The van der Waals surface area contributed by atoms with Gasteiger partial charge in [0.25, 0.3) is 0 Å². The van der Waals surface area contributed by atoms with E-state index in [4.69, 9.17) is 0 Å². The van der Waals surface area contributed by atoms with Crippen LogP contribution in [-0.4, -0.2) is 15.5 Å². The Labute approximate surface area is 96.1 Å². The largest absolute Gasteiger partial charge is 0.313 e. The van der Waals surface area contributed by atoms with Gasteiger partial charge in [0.1, 0.15) is 0 Å². The average Bonchev–Trinajstić information content (AvgIpc) is 2.49. The van der Waals surface area contributed by atoms with Crippen LogP contribution in [0.25, 0.3) is 6.08 Å². The molecule has 1 aliphatic rings. The fourth-order valence-electron chi connectivity index (χ4n) is 1.81. The standard InChI is InChI=1S/C12H15NO2S/c1-8-6-11-5-4-10(9(2)13-3)7-12(11)16(8,14)15/h4-7,9,13H,1-3H3. The second-order valence-corrected chi connectivity index (χ2v) is 6.16. The van der Waals surface area contributed by atoms with Crippen molar-refractivity contribution in [3.8, 4) is 0 Å². The first kappa shape index (κ1) is 11.4. The molecule has 0 amide bonds. The Morgan fingerprint density at radius 2 is 2.00 bits per heavy atom. The van der Waals surface area contributed by atoms with Crippen molar-refractivity contribution in [3.05, 3.63) is 34.2 Å². The van der Waals surface area contributed by atoms with Crippen LogP contribution in [0.4, 0.5) is 0 Å². The van der Waals surface area contributed by atoms with Crippen LogP contribution < -0.4 is 5.32 Å². The molecule has 16 heavy (non-hydrogen) atoms. The molecule has 86 valence electrons. The number of rotatable bonds is 2. The maximum absolute atomic E-state index is 12.0. The van der Waals surface area contributed by atoms with Gasteiger partial charge < -0.3 is 5.32 Å². The quantitative estimate of drug-likeness (QED) is 0.857. The highest BCUT2D eigenvalue weighted by Gasteiger charge is 2.26. The Kier molecular flexibility index (Phi) is 2.64. The highest BCUT2D eigenvalue weighted by molar-refractivity contribution is 7.95. The van der Waals surface area contributed by atoms with E-state index in [0.717, 1.165) is 11.1 Å². The van der Waals surface area contributed by atoms with E-state index in [0.29, 0.717) is 9.80 Å². The van der Waals surface area contributed by atoms with E-state index >= 15 is 0 Å². The lowest BCUT2D eigenvalue weighted by atomic mass is 10.1. The second-order valence-electron chi connectivity index (χ2n) is 4.07. The third kappa shape index (κ3) is 1.58. The summed E-state index contributed by atoms with van der Waals surface area (Å²) in [5.41, 5.74) is 1.79. The van der Waals surface area contributed by atoms with E-state index < -0.39 is 9.84 Å². The number of nitrogens with one attached hydrogen (secondary N) is 1. The van der Waals surface area contributed by atoms with Crippen LogP contribution in [0, 0.1) is 0 Å². The molecule has 0 aliphatic carbocycles. The molecular formula is C12H15NO2S. The Morgan fingerprint density at radius 3 is 2.62 bits per heavy atom. The predicted octanol–water partition coefficient (Wildman–Crippen LogP) is 2.12. The van der Waals surface area contributed by atoms with Crippen LogP contribution in [-0.2, 0) is 9.84 Å². The predicted molar refractivity (Wildman–Crippen MR) is 64.8 cm³/mol. The minimum Gasteiger partial charge on any atom is -0.313 e. The Balaban J connectivity index is 2.57. The van der Waals surface area contributed by atoms with Gasteiger partial charge in [-0.05, 0) is 44.2 Å². The first-order chi connectivity index (χ1) is 7.46. The van der Waals surface area contributed by atoms with Gasteiger partial charge in [0.05, 0.1) is 4.90 Å². The number of hydrogen-bond acceptors (Lipinski definition) is 3. The van der Waals surface area contributed by atoms with Gasteiger partial charge in [0, 0.05) is 10.9 Å².